The number of rotatable bonds is 2. The van der Waals surface area contributed by atoms with Gasteiger partial charge in [-0.1, -0.05) is 0 Å². The zero-order valence-corrected chi connectivity index (χ0v) is 16.2. The fourth-order valence-corrected chi connectivity index (χ4v) is 3.24. The number of aromatic nitrogens is 5. The normalized spacial score (nSPS) is 12.2. The topological polar surface area (TPSA) is 97.6 Å². The fraction of sp³-hybridized carbons (Fsp3) is 0.263. The largest absolute Gasteiger partial charge is 0.416 e. The lowest BCUT2D eigenvalue weighted by Crippen LogP contribution is -2.34. The van der Waals surface area contributed by atoms with Gasteiger partial charge in [0.2, 0.25) is 0 Å². The average Bonchev–Trinajstić information content (AvgIpc) is 3.21. The van der Waals surface area contributed by atoms with Gasteiger partial charge in [-0.25, -0.2) is 14.5 Å². The monoisotopic (exact) mass is 418 g/mol. The average molecular weight is 418 g/mol. The van der Waals surface area contributed by atoms with Crippen molar-refractivity contribution in [3.63, 3.8) is 0 Å². The van der Waals surface area contributed by atoms with E-state index in [0.717, 1.165) is 21.5 Å². The molecule has 0 aliphatic rings. The van der Waals surface area contributed by atoms with E-state index in [1.54, 1.807) is 13.8 Å². The van der Waals surface area contributed by atoms with Gasteiger partial charge in [-0.2, -0.15) is 23.0 Å². The van der Waals surface area contributed by atoms with Crippen LogP contribution in [0.5, 0.6) is 0 Å². The Hall–Kier alpha value is -3.63. The Labute approximate surface area is 167 Å². The molecule has 0 saturated heterocycles. The minimum atomic E-state index is -4.55. The van der Waals surface area contributed by atoms with Crippen molar-refractivity contribution in [2.45, 2.75) is 33.0 Å². The van der Waals surface area contributed by atoms with Gasteiger partial charge in [0.05, 0.1) is 33.7 Å². The maximum atomic E-state index is 13.2. The lowest BCUT2D eigenvalue weighted by atomic mass is 10.1. The van der Waals surface area contributed by atoms with Gasteiger partial charge in [0.1, 0.15) is 0 Å². The molecule has 3 aromatic heterocycles. The highest BCUT2D eigenvalue weighted by Crippen LogP contribution is 2.31. The molecule has 1 amide bonds. The van der Waals surface area contributed by atoms with Crippen LogP contribution in [0.3, 0.4) is 0 Å². The minimum Gasteiger partial charge on any atom is -0.334 e. The number of carbonyl (C=O) groups is 1. The molecule has 0 bridgehead atoms. The molecule has 156 valence electrons. The molecule has 30 heavy (non-hydrogen) atoms. The maximum Gasteiger partial charge on any atom is 0.416 e. The molecule has 0 atom stereocenters. The van der Waals surface area contributed by atoms with Gasteiger partial charge in [-0.3, -0.25) is 9.89 Å². The van der Waals surface area contributed by atoms with E-state index in [-0.39, 0.29) is 22.8 Å². The standard InChI is InChI=1S/C19H17F3N6O2/c1-9(2)25-18(30)28-16-13(8-24-28)15-14(7-23-16)17(29)27(26-15)12-5-10(3)4-11(6-12)19(20,21)22/h4-9,26H,1-3H3,(H,25,30). The first-order valence-electron chi connectivity index (χ1n) is 9.04. The van der Waals surface area contributed by atoms with Gasteiger partial charge in [0, 0.05) is 12.2 Å². The molecule has 3 heterocycles. The van der Waals surface area contributed by atoms with E-state index in [9.17, 15) is 22.8 Å². The summed E-state index contributed by atoms with van der Waals surface area (Å²) in [6.07, 6.45) is -1.90. The number of benzene rings is 1. The van der Waals surface area contributed by atoms with Crippen molar-refractivity contribution in [2.24, 2.45) is 0 Å². The highest BCUT2D eigenvalue weighted by atomic mass is 19.4. The van der Waals surface area contributed by atoms with E-state index in [2.05, 4.69) is 20.5 Å². The maximum absolute atomic E-state index is 13.2. The predicted molar refractivity (Wildman–Crippen MR) is 104 cm³/mol. The molecule has 1 aromatic carbocycles. The number of nitrogens with zero attached hydrogens (tertiary/aromatic N) is 4. The van der Waals surface area contributed by atoms with Gasteiger partial charge in [-0.15, -0.1) is 0 Å². The van der Waals surface area contributed by atoms with Crippen molar-refractivity contribution >= 4 is 28.0 Å². The number of aromatic amines is 1. The van der Waals surface area contributed by atoms with E-state index in [0.29, 0.717) is 16.5 Å². The second-order valence-corrected chi connectivity index (χ2v) is 7.25. The van der Waals surface area contributed by atoms with Crippen LogP contribution in [0.1, 0.15) is 25.0 Å². The molecule has 0 radical (unpaired) electrons. The number of aryl methyl sites for hydroxylation is 1. The van der Waals surface area contributed by atoms with E-state index in [4.69, 9.17) is 0 Å². The Bertz CT molecular complexity index is 1350. The summed E-state index contributed by atoms with van der Waals surface area (Å²) in [6, 6.07) is 2.77. The highest BCUT2D eigenvalue weighted by molar-refractivity contribution is 6.03. The van der Waals surface area contributed by atoms with Crippen LogP contribution in [0.2, 0.25) is 0 Å². The molecule has 0 spiro atoms. The van der Waals surface area contributed by atoms with Crippen molar-refractivity contribution in [1.29, 1.82) is 0 Å². The number of amides is 1. The number of halogens is 3. The molecule has 4 aromatic rings. The Balaban J connectivity index is 1.91. The number of pyridine rings is 1. The number of alkyl halides is 3. The Morgan fingerprint density at radius 3 is 2.57 bits per heavy atom. The summed E-state index contributed by atoms with van der Waals surface area (Å²) in [5, 5.41) is 10.1. The first-order valence-corrected chi connectivity index (χ1v) is 9.04. The Morgan fingerprint density at radius 2 is 1.90 bits per heavy atom. The van der Waals surface area contributed by atoms with E-state index < -0.39 is 23.3 Å². The SMILES string of the molecule is Cc1cc(-n2[nH]c3c(cnc4c3cnn4C(=O)NC(C)C)c2=O)cc(C(F)(F)F)c1. The summed E-state index contributed by atoms with van der Waals surface area (Å²) in [5.74, 6) is 0. The number of nitrogens with one attached hydrogen (secondary N) is 2. The zero-order valence-electron chi connectivity index (χ0n) is 16.2. The Morgan fingerprint density at radius 1 is 1.17 bits per heavy atom. The number of hydrogen-bond acceptors (Lipinski definition) is 4. The first-order chi connectivity index (χ1) is 14.1. The molecule has 0 fully saturated rings. The second kappa shape index (κ2) is 6.71. The second-order valence-electron chi connectivity index (χ2n) is 7.25. The number of carbonyl (C=O) groups excluding carboxylic acids is 1. The number of hydrogen-bond donors (Lipinski definition) is 2. The molecule has 11 heteroatoms. The minimum absolute atomic E-state index is 0.0432. The van der Waals surface area contributed by atoms with Gasteiger partial charge < -0.3 is 5.32 Å². The third kappa shape index (κ3) is 3.21. The Kier molecular flexibility index (Phi) is 4.40. The van der Waals surface area contributed by atoms with Crippen LogP contribution < -0.4 is 10.9 Å². The van der Waals surface area contributed by atoms with E-state index >= 15 is 0 Å². The van der Waals surface area contributed by atoms with Crippen molar-refractivity contribution in [2.75, 3.05) is 0 Å². The van der Waals surface area contributed by atoms with Crippen LogP contribution in [0.15, 0.2) is 35.4 Å². The summed E-state index contributed by atoms with van der Waals surface area (Å²) in [5.41, 5.74) is -0.478. The third-order valence-corrected chi connectivity index (χ3v) is 4.51. The lowest BCUT2D eigenvalue weighted by Gasteiger charge is -2.10. The summed E-state index contributed by atoms with van der Waals surface area (Å²) >= 11 is 0. The van der Waals surface area contributed by atoms with Gasteiger partial charge in [0.15, 0.2) is 5.65 Å². The summed E-state index contributed by atoms with van der Waals surface area (Å²) < 4.78 is 41.7. The molecule has 8 nitrogen and oxygen atoms in total. The van der Waals surface area contributed by atoms with Gasteiger partial charge in [-0.05, 0) is 44.5 Å². The number of H-pyrrole nitrogens is 1. The molecule has 0 unspecified atom stereocenters. The molecule has 0 aliphatic heterocycles. The summed E-state index contributed by atoms with van der Waals surface area (Å²) in [6.45, 7) is 5.11. The molecule has 4 rings (SSSR count). The summed E-state index contributed by atoms with van der Waals surface area (Å²) in [4.78, 5) is 29.3. The smallest absolute Gasteiger partial charge is 0.334 e. The first kappa shape index (κ1) is 19.7. The molecular formula is C19H17F3N6O2. The lowest BCUT2D eigenvalue weighted by molar-refractivity contribution is -0.137. The van der Waals surface area contributed by atoms with Crippen molar-refractivity contribution in [3.8, 4) is 5.69 Å². The molecule has 0 saturated carbocycles. The van der Waals surface area contributed by atoms with Gasteiger partial charge in [0.25, 0.3) is 5.56 Å². The predicted octanol–water partition coefficient (Wildman–Crippen LogP) is 3.36. The molecule has 2 N–H and O–H groups in total. The van der Waals surface area contributed by atoms with Crippen LogP contribution in [-0.4, -0.2) is 36.6 Å². The quantitative estimate of drug-likeness (QED) is 0.522. The van der Waals surface area contributed by atoms with Crippen LogP contribution in [0, 0.1) is 6.92 Å². The van der Waals surface area contributed by atoms with E-state index in [1.165, 1.54) is 25.4 Å². The van der Waals surface area contributed by atoms with Gasteiger partial charge >= 0.3 is 12.2 Å². The van der Waals surface area contributed by atoms with Crippen LogP contribution in [-0.2, 0) is 6.18 Å². The van der Waals surface area contributed by atoms with Crippen LogP contribution in [0.25, 0.3) is 27.6 Å². The van der Waals surface area contributed by atoms with Crippen molar-refractivity contribution in [1.82, 2.24) is 29.9 Å². The number of fused-ring (bicyclic) bond motifs is 3. The highest BCUT2D eigenvalue weighted by Gasteiger charge is 2.31. The third-order valence-electron chi connectivity index (χ3n) is 4.51. The molecular weight excluding hydrogens is 401 g/mol. The van der Waals surface area contributed by atoms with E-state index in [1.807, 2.05) is 0 Å². The zero-order chi connectivity index (χ0) is 21.8. The fourth-order valence-electron chi connectivity index (χ4n) is 3.24. The summed E-state index contributed by atoms with van der Waals surface area (Å²) in [7, 11) is 0. The van der Waals surface area contributed by atoms with Crippen molar-refractivity contribution in [3.05, 3.63) is 52.1 Å². The van der Waals surface area contributed by atoms with Crippen molar-refractivity contribution < 1.29 is 18.0 Å². The molecule has 0 aliphatic carbocycles. The van der Waals surface area contributed by atoms with Crippen LogP contribution >= 0.6 is 0 Å². The van der Waals surface area contributed by atoms with Crippen LogP contribution in [0.4, 0.5) is 18.0 Å².